The summed E-state index contributed by atoms with van der Waals surface area (Å²) in [4.78, 5) is 14.2. The number of likely N-dealkylation sites (tertiary alicyclic amines) is 1. The van der Waals surface area contributed by atoms with Crippen LogP contribution in [0.1, 0.15) is 30.9 Å². The zero-order valence-electron chi connectivity index (χ0n) is 13.7. The minimum Gasteiger partial charge on any atom is -0.391 e. The molecule has 0 bridgehead atoms. The van der Waals surface area contributed by atoms with Gasteiger partial charge < -0.3 is 15.3 Å². The molecule has 0 spiro atoms. The first kappa shape index (κ1) is 15.8. The molecule has 0 aromatic heterocycles. The molecule has 2 N–H and O–H groups in total. The number of carbonyl (C=O) groups excluding carboxylic acids is 1. The lowest BCUT2D eigenvalue weighted by Gasteiger charge is -2.36. The summed E-state index contributed by atoms with van der Waals surface area (Å²) in [6.07, 6.45) is 1.20. The lowest BCUT2D eigenvalue weighted by Crippen LogP contribution is -2.52. The van der Waals surface area contributed by atoms with Crippen molar-refractivity contribution in [3.8, 4) is 0 Å². The van der Waals surface area contributed by atoms with Gasteiger partial charge in [-0.25, -0.2) is 4.79 Å². The van der Waals surface area contributed by atoms with Crippen molar-refractivity contribution in [3.63, 3.8) is 0 Å². The second-order valence-corrected chi connectivity index (χ2v) is 6.39. The van der Waals surface area contributed by atoms with Gasteiger partial charge in [0, 0.05) is 13.1 Å². The molecule has 1 heterocycles. The van der Waals surface area contributed by atoms with E-state index in [1.807, 2.05) is 19.1 Å². The number of aliphatic hydroxyl groups is 1. The highest BCUT2D eigenvalue weighted by atomic mass is 16.3. The quantitative estimate of drug-likeness (QED) is 0.894. The number of hydrogen-bond acceptors (Lipinski definition) is 2. The summed E-state index contributed by atoms with van der Waals surface area (Å²) in [5.74, 6) is 0. The minimum atomic E-state index is -0.422. The fourth-order valence-corrected chi connectivity index (χ4v) is 3.35. The zero-order chi connectivity index (χ0) is 16.4. The maximum absolute atomic E-state index is 12.4. The minimum absolute atomic E-state index is 0.0964. The summed E-state index contributed by atoms with van der Waals surface area (Å²) >= 11 is 0. The molecular formula is C19H24N2O2. The molecule has 1 fully saturated rings. The van der Waals surface area contributed by atoms with Crippen molar-refractivity contribution in [1.29, 1.82) is 0 Å². The van der Waals surface area contributed by atoms with E-state index in [0.717, 1.165) is 18.4 Å². The molecule has 2 aromatic carbocycles. The standard InChI is InChI=1S/C19H24N2O2/c1-13-9-10-15(17-7-4-3-6-16(13)17)12-20-19(23)21-11-5-8-18(22)14(21)2/h3-4,6-7,9-10,14,18,22H,5,8,11-12H2,1-2H3,(H,20,23). The fourth-order valence-electron chi connectivity index (χ4n) is 3.35. The number of urea groups is 1. The van der Waals surface area contributed by atoms with Crippen LogP contribution in [-0.4, -0.2) is 34.7 Å². The number of carbonyl (C=O) groups is 1. The van der Waals surface area contributed by atoms with Crippen LogP contribution in [0.3, 0.4) is 0 Å². The van der Waals surface area contributed by atoms with Gasteiger partial charge in [0.1, 0.15) is 0 Å². The lowest BCUT2D eigenvalue weighted by atomic mass is 10.00. The van der Waals surface area contributed by atoms with Crippen LogP contribution in [0.4, 0.5) is 4.79 Å². The van der Waals surface area contributed by atoms with Gasteiger partial charge in [-0.15, -0.1) is 0 Å². The first-order valence-electron chi connectivity index (χ1n) is 8.27. The van der Waals surface area contributed by atoms with Gasteiger partial charge in [-0.1, -0.05) is 36.4 Å². The Labute approximate surface area is 137 Å². The summed E-state index contributed by atoms with van der Waals surface area (Å²) in [6, 6.07) is 12.2. The molecule has 23 heavy (non-hydrogen) atoms. The number of fused-ring (bicyclic) bond motifs is 1. The molecule has 3 rings (SSSR count). The van der Waals surface area contributed by atoms with Crippen LogP contribution >= 0.6 is 0 Å². The highest BCUT2D eigenvalue weighted by Gasteiger charge is 2.29. The average molecular weight is 312 g/mol. The molecule has 1 aliphatic rings. The van der Waals surface area contributed by atoms with E-state index < -0.39 is 6.10 Å². The molecule has 0 aliphatic carbocycles. The normalized spacial score (nSPS) is 21.4. The predicted octanol–water partition coefficient (Wildman–Crippen LogP) is 3.20. The van der Waals surface area contributed by atoms with Crippen LogP contribution in [0.2, 0.25) is 0 Å². The summed E-state index contributed by atoms with van der Waals surface area (Å²) in [7, 11) is 0. The van der Waals surface area contributed by atoms with Gasteiger partial charge in [0.2, 0.25) is 0 Å². The molecule has 2 atom stereocenters. The number of benzene rings is 2. The van der Waals surface area contributed by atoms with Gasteiger partial charge in [-0.2, -0.15) is 0 Å². The molecule has 2 amide bonds. The molecule has 1 aliphatic heterocycles. The number of piperidine rings is 1. The average Bonchev–Trinajstić information content (AvgIpc) is 2.57. The van der Waals surface area contributed by atoms with Crippen molar-refractivity contribution in [2.24, 2.45) is 0 Å². The maximum atomic E-state index is 12.4. The van der Waals surface area contributed by atoms with Crippen molar-refractivity contribution < 1.29 is 9.90 Å². The monoisotopic (exact) mass is 312 g/mol. The lowest BCUT2D eigenvalue weighted by molar-refractivity contribution is 0.0389. The SMILES string of the molecule is Cc1ccc(CNC(=O)N2CCCC(O)C2C)c2ccccc12. The Morgan fingerprint density at radius 3 is 2.78 bits per heavy atom. The number of aryl methyl sites for hydroxylation is 1. The van der Waals surface area contributed by atoms with Crippen LogP contribution in [0.5, 0.6) is 0 Å². The Hall–Kier alpha value is -2.07. The van der Waals surface area contributed by atoms with Crippen molar-refractivity contribution in [2.75, 3.05) is 6.54 Å². The van der Waals surface area contributed by atoms with Crippen LogP contribution in [0.15, 0.2) is 36.4 Å². The molecule has 2 aromatic rings. The van der Waals surface area contributed by atoms with E-state index in [0.29, 0.717) is 13.1 Å². The molecule has 0 radical (unpaired) electrons. The van der Waals surface area contributed by atoms with E-state index in [2.05, 4.69) is 36.5 Å². The first-order valence-corrected chi connectivity index (χ1v) is 8.27. The molecule has 0 saturated carbocycles. The van der Waals surface area contributed by atoms with Gasteiger partial charge in [0.25, 0.3) is 0 Å². The second kappa shape index (κ2) is 6.59. The maximum Gasteiger partial charge on any atom is 0.317 e. The number of aliphatic hydroxyl groups excluding tert-OH is 1. The molecule has 122 valence electrons. The number of hydrogen-bond donors (Lipinski definition) is 2. The van der Waals surface area contributed by atoms with Gasteiger partial charge in [-0.3, -0.25) is 0 Å². The van der Waals surface area contributed by atoms with Gasteiger partial charge >= 0.3 is 6.03 Å². The van der Waals surface area contributed by atoms with Gasteiger partial charge in [0.15, 0.2) is 0 Å². The number of amides is 2. The summed E-state index contributed by atoms with van der Waals surface area (Å²) < 4.78 is 0. The highest BCUT2D eigenvalue weighted by Crippen LogP contribution is 2.22. The zero-order valence-corrected chi connectivity index (χ0v) is 13.7. The summed E-state index contributed by atoms with van der Waals surface area (Å²) in [5.41, 5.74) is 2.35. The van der Waals surface area contributed by atoms with Crippen molar-refractivity contribution in [2.45, 2.75) is 45.4 Å². The van der Waals surface area contributed by atoms with E-state index in [4.69, 9.17) is 0 Å². The highest BCUT2D eigenvalue weighted by molar-refractivity contribution is 5.88. The van der Waals surface area contributed by atoms with Crippen LogP contribution in [-0.2, 0) is 6.54 Å². The van der Waals surface area contributed by atoms with E-state index in [1.54, 1.807) is 4.90 Å². The Balaban J connectivity index is 1.73. The number of rotatable bonds is 2. The fraction of sp³-hybridized carbons (Fsp3) is 0.421. The summed E-state index contributed by atoms with van der Waals surface area (Å²) in [6.45, 7) is 5.21. The van der Waals surface area contributed by atoms with E-state index in [-0.39, 0.29) is 12.1 Å². The molecule has 4 heteroatoms. The van der Waals surface area contributed by atoms with E-state index >= 15 is 0 Å². The topological polar surface area (TPSA) is 52.6 Å². The largest absolute Gasteiger partial charge is 0.391 e. The van der Waals surface area contributed by atoms with Crippen molar-refractivity contribution in [1.82, 2.24) is 10.2 Å². The number of nitrogens with one attached hydrogen (secondary N) is 1. The summed E-state index contributed by atoms with van der Waals surface area (Å²) in [5, 5.41) is 15.3. The van der Waals surface area contributed by atoms with Crippen LogP contribution in [0.25, 0.3) is 10.8 Å². The molecular weight excluding hydrogens is 288 g/mol. The van der Waals surface area contributed by atoms with Gasteiger partial charge in [-0.05, 0) is 48.6 Å². The smallest absolute Gasteiger partial charge is 0.317 e. The van der Waals surface area contributed by atoms with Crippen LogP contribution < -0.4 is 5.32 Å². The molecule has 1 saturated heterocycles. The van der Waals surface area contributed by atoms with Gasteiger partial charge in [0.05, 0.1) is 12.1 Å². The first-order chi connectivity index (χ1) is 11.1. The third-order valence-electron chi connectivity index (χ3n) is 4.87. The molecule has 4 nitrogen and oxygen atoms in total. The van der Waals surface area contributed by atoms with E-state index in [1.165, 1.54) is 16.3 Å². The molecule has 2 unspecified atom stereocenters. The Bertz CT molecular complexity index is 714. The Morgan fingerprint density at radius 2 is 2.00 bits per heavy atom. The number of nitrogens with zero attached hydrogens (tertiary/aromatic N) is 1. The van der Waals surface area contributed by atoms with Crippen LogP contribution in [0, 0.1) is 6.92 Å². The predicted molar refractivity (Wildman–Crippen MR) is 92.3 cm³/mol. The second-order valence-electron chi connectivity index (χ2n) is 6.39. The van der Waals surface area contributed by atoms with E-state index in [9.17, 15) is 9.90 Å². The third-order valence-corrected chi connectivity index (χ3v) is 4.87. The Morgan fingerprint density at radius 1 is 1.26 bits per heavy atom. The van der Waals surface area contributed by atoms with Crippen molar-refractivity contribution in [3.05, 3.63) is 47.5 Å². The van der Waals surface area contributed by atoms with Crippen molar-refractivity contribution >= 4 is 16.8 Å². The Kier molecular flexibility index (Phi) is 4.53. The third kappa shape index (κ3) is 3.17.